The zero-order valence-electron chi connectivity index (χ0n) is 72.7. The summed E-state index contributed by atoms with van der Waals surface area (Å²) in [5, 5.41) is 27.0. The Morgan fingerprint density at radius 2 is 0.739 bits per heavy atom. The molecule has 23 rings (SSSR count). The number of piperidine rings is 4. The number of halogens is 10. The van der Waals surface area contributed by atoms with Crippen molar-refractivity contribution in [3.8, 4) is 56.9 Å². The molecule has 8 fully saturated rings. The molecule has 2 spiro atoms. The molecule has 45 heteroatoms. The second-order valence-electron chi connectivity index (χ2n) is 34.5. The van der Waals surface area contributed by atoms with Crippen LogP contribution in [0.5, 0.6) is 0 Å². The molecular weight excluding hydrogens is 1750 g/mol. The molecule has 15 aromatic rings. The fourth-order valence-electron chi connectivity index (χ4n) is 19.1. The summed E-state index contributed by atoms with van der Waals surface area (Å²) in [6.07, 6.45) is 17.7. The standard InChI is InChI=1S/C19H21F2N7.C19H20F2N6.C18H19F2N7.C17H19F2N7.C16H17F2N7O/c20-18(21)13-1-2-16-23-10-15(28(16)26-13)14-9-17(25-12-24-14)27-8-5-19(11-27)3-6-22-7-4-19;20-19(21)13-6-7-17-22-10-16(27(17)25-13)14-9-18(24-11-23-14)26-8-2-4-12-3-1-5-15(12)26;19-17(20)12-2-3-15-21-9-14(27(15)25-12)13-8-16(23-11-22-13)26-7-1-4-18(10-26)5-6-24-18;18-17(19)12-3-4-15-21-8-14(26(15)24-12)13-6-16(23-10-22-13)25-5-1-2-11(7-20)9-25;17-16(18)11-1-2-14-20-7-13(25(14)23-11)12-5-15(22-9-21-12)24-3-4-26-10(6-19)8-24/h1-2,9-10,12,18,22H,3-8,11H2;6-7,9-12,15,19H,1-5,8H2;2-3,8-9,11,17,24H,1,4-7,10H2;3-4,6,8,10-11,17H,1-2,5,7,9,20H2;1-2,5,7,9-10,16H,3-4,6,8,19H2. The average molecular weight is 1850 g/mol. The molecule has 22 heterocycles. The molecular formula is C89H96F10N34O. The van der Waals surface area contributed by atoms with Crippen molar-refractivity contribution in [3.63, 3.8) is 0 Å². The van der Waals surface area contributed by atoms with Crippen LogP contribution in [0, 0.1) is 17.3 Å². The maximum atomic E-state index is 13.0. The number of nitrogens with two attached hydrogens (primary N) is 2. The van der Waals surface area contributed by atoms with Crippen molar-refractivity contribution < 1.29 is 48.6 Å². The smallest absolute Gasteiger partial charge is 0.282 e. The number of alkyl halides is 10. The maximum Gasteiger partial charge on any atom is 0.282 e. The van der Waals surface area contributed by atoms with Gasteiger partial charge in [-0.05, 0) is 181 Å². The number of rotatable bonds is 17. The van der Waals surface area contributed by atoms with Gasteiger partial charge in [0.15, 0.2) is 28.2 Å². The van der Waals surface area contributed by atoms with Crippen LogP contribution in [0.4, 0.5) is 73.0 Å². The van der Waals surface area contributed by atoms with E-state index in [1.807, 2.05) is 24.3 Å². The Bertz CT molecular complexity index is 6440. The molecule has 134 heavy (non-hydrogen) atoms. The van der Waals surface area contributed by atoms with Crippen LogP contribution >= 0.6 is 0 Å². The summed E-state index contributed by atoms with van der Waals surface area (Å²) in [6, 6.07) is 24.0. The monoisotopic (exact) mass is 1850 g/mol. The van der Waals surface area contributed by atoms with Gasteiger partial charge in [-0.3, -0.25) is 0 Å². The van der Waals surface area contributed by atoms with Gasteiger partial charge in [-0.15, -0.1) is 0 Å². The lowest BCUT2D eigenvalue weighted by Crippen LogP contribution is -2.65. The van der Waals surface area contributed by atoms with Crippen LogP contribution in [0.2, 0.25) is 0 Å². The van der Waals surface area contributed by atoms with Gasteiger partial charge in [0.1, 0.15) is 118 Å². The molecule has 1 aliphatic carbocycles. The van der Waals surface area contributed by atoms with E-state index in [0.29, 0.717) is 135 Å². The highest BCUT2D eigenvalue weighted by Gasteiger charge is 2.43. The first kappa shape index (κ1) is 89.8. The van der Waals surface area contributed by atoms with Gasteiger partial charge in [0.2, 0.25) is 0 Å². The van der Waals surface area contributed by atoms with Crippen LogP contribution in [0.3, 0.4) is 0 Å². The van der Waals surface area contributed by atoms with Crippen LogP contribution < -0.4 is 46.6 Å². The molecule has 7 aliphatic heterocycles. The van der Waals surface area contributed by atoms with Gasteiger partial charge in [0, 0.05) is 107 Å². The summed E-state index contributed by atoms with van der Waals surface area (Å²) in [5.41, 5.74) is 19.0. The highest BCUT2D eigenvalue weighted by molar-refractivity contribution is 5.68. The molecule has 0 radical (unpaired) electrons. The third-order valence-electron chi connectivity index (χ3n) is 26.2. The number of nitrogens with zero attached hydrogens (tertiary/aromatic N) is 30. The van der Waals surface area contributed by atoms with Gasteiger partial charge in [-0.1, -0.05) is 6.42 Å². The van der Waals surface area contributed by atoms with E-state index < -0.39 is 32.1 Å². The second-order valence-corrected chi connectivity index (χ2v) is 34.5. The fourth-order valence-corrected chi connectivity index (χ4v) is 19.1. The van der Waals surface area contributed by atoms with E-state index in [1.54, 1.807) is 55.5 Å². The Labute approximate surface area is 759 Å². The normalized spacial score (nSPS) is 20.1. The fraction of sp³-hybridized carbons (Fsp3) is 0.438. The van der Waals surface area contributed by atoms with Crippen LogP contribution in [0.25, 0.3) is 85.2 Å². The zero-order valence-corrected chi connectivity index (χ0v) is 72.7. The Hall–Kier alpha value is -13.4. The van der Waals surface area contributed by atoms with Gasteiger partial charge in [0.05, 0.1) is 72.2 Å². The summed E-state index contributed by atoms with van der Waals surface area (Å²) in [6.45, 7) is 12.8. The summed E-state index contributed by atoms with van der Waals surface area (Å²) in [5.74, 6) is 5.32. The molecule has 6 N–H and O–H groups in total. The first-order valence-corrected chi connectivity index (χ1v) is 44.8. The van der Waals surface area contributed by atoms with Crippen molar-refractivity contribution >= 4 is 57.3 Å². The maximum absolute atomic E-state index is 13.0. The Kier molecular flexibility index (Phi) is 26.4. The van der Waals surface area contributed by atoms with E-state index in [9.17, 15) is 43.9 Å². The molecule has 35 nitrogen and oxygen atoms in total. The Morgan fingerprint density at radius 1 is 0.358 bits per heavy atom. The highest BCUT2D eigenvalue weighted by atomic mass is 19.3. The molecule has 0 bridgehead atoms. The highest BCUT2D eigenvalue weighted by Crippen LogP contribution is 2.43. The van der Waals surface area contributed by atoms with Gasteiger partial charge >= 0.3 is 0 Å². The number of ether oxygens (including phenoxy) is 1. The average Bonchev–Trinajstić information content (AvgIpc) is 1.12. The molecule has 5 atom stereocenters. The van der Waals surface area contributed by atoms with Crippen molar-refractivity contribution in [3.05, 3.63) is 182 Å². The largest absolute Gasteiger partial charge is 0.373 e. The van der Waals surface area contributed by atoms with E-state index in [4.69, 9.17) is 16.2 Å². The molecule has 698 valence electrons. The predicted octanol–water partition coefficient (Wildman–Crippen LogP) is 12.6. The number of nitrogens with one attached hydrogen (secondary N) is 2. The van der Waals surface area contributed by atoms with Crippen molar-refractivity contribution in [2.75, 3.05) is 123 Å². The van der Waals surface area contributed by atoms with Crippen LogP contribution in [0.15, 0.2) is 154 Å². The van der Waals surface area contributed by atoms with Crippen LogP contribution in [-0.2, 0) is 4.74 Å². The Balaban J connectivity index is 0.000000108. The first-order valence-electron chi connectivity index (χ1n) is 44.8. The number of hydrogen-bond donors (Lipinski definition) is 4. The number of imidazole rings is 5. The van der Waals surface area contributed by atoms with E-state index in [2.05, 4.69) is 135 Å². The topological polar surface area (TPSA) is 381 Å². The van der Waals surface area contributed by atoms with Crippen molar-refractivity contribution in [1.82, 2.24) is 133 Å². The minimum absolute atomic E-state index is 0.0479. The third kappa shape index (κ3) is 19.3. The van der Waals surface area contributed by atoms with Crippen LogP contribution in [0.1, 0.15) is 144 Å². The quantitative estimate of drug-likeness (QED) is 0.0615. The molecule has 8 aliphatic rings. The summed E-state index contributed by atoms with van der Waals surface area (Å²) in [7, 11) is 0. The van der Waals surface area contributed by atoms with Gasteiger partial charge in [-0.25, -0.2) is 141 Å². The summed E-state index contributed by atoms with van der Waals surface area (Å²) >= 11 is 0. The summed E-state index contributed by atoms with van der Waals surface area (Å²) < 4.78 is 143. The van der Waals surface area contributed by atoms with Gasteiger partial charge in [0.25, 0.3) is 32.1 Å². The van der Waals surface area contributed by atoms with Crippen molar-refractivity contribution in [1.29, 1.82) is 0 Å². The van der Waals surface area contributed by atoms with E-state index in [1.165, 1.54) is 161 Å². The first-order chi connectivity index (χ1) is 65.3. The molecule has 5 unspecified atom stereocenters. The van der Waals surface area contributed by atoms with Crippen molar-refractivity contribution in [2.45, 2.75) is 133 Å². The number of hydrogen-bond acceptors (Lipinski definition) is 30. The van der Waals surface area contributed by atoms with E-state index in [-0.39, 0.29) is 40.1 Å². The predicted molar refractivity (Wildman–Crippen MR) is 476 cm³/mol. The van der Waals surface area contributed by atoms with Gasteiger partial charge < -0.3 is 51.3 Å². The summed E-state index contributed by atoms with van der Waals surface area (Å²) in [4.78, 5) is 76.1. The molecule has 0 aromatic carbocycles. The lowest BCUT2D eigenvalue weighted by molar-refractivity contribution is 0.0463. The third-order valence-corrected chi connectivity index (χ3v) is 26.2. The lowest BCUT2D eigenvalue weighted by Gasteiger charge is -2.50. The number of fused-ring (bicyclic) bond motifs is 6. The number of aromatic nitrogens is 25. The molecule has 1 saturated carbocycles. The van der Waals surface area contributed by atoms with E-state index >= 15 is 0 Å². The van der Waals surface area contributed by atoms with Crippen molar-refractivity contribution in [2.24, 2.45) is 28.7 Å². The second kappa shape index (κ2) is 39.4. The SMILES string of the molecule is FC(F)c1ccc2ncc(-c3cc(N4CCC5(CCNCC5)C4)ncn3)n2n1.FC(F)c1ccc2ncc(-c3cc(N4CCCC5(CCN5)C4)ncn3)n2n1.FC(F)c1ccc2ncc(-c3cc(N4CCCC5CCCC54)ncn3)n2n1.NCC1CCCN(c2cc(-c3cnc4ccc(C(F)F)nn34)ncn2)C1.NCC1CN(c2cc(-c3cnc4ccc(C(F)F)nn34)ncn2)CCO1. The van der Waals surface area contributed by atoms with Crippen LogP contribution in [-0.4, -0.2) is 239 Å². The lowest BCUT2D eigenvalue weighted by atomic mass is 9.78. The molecule has 0 amide bonds. The number of anilines is 5. The van der Waals surface area contributed by atoms with Gasteiger partial charge in [-0.2, -0.15) is 25.5 Å². The molecule has 7 saturated heterocycles. The zero-order chi connectivity index (χ0) is 92.1. The Morgan fingerprint density at radius 3 is 1.14 bits per heavy atom. The molecule has 15 aromatic heterocycles. The van der Waals surface area contributed by atoms with E-state index in [0.717, 1.165) is 120 Å². The minimum atomic E-state index is -2.66. The number of morpholine rings is 1. The minimum Gasteiger partial charge on any atom is -0.373 e.